The smallest absolute Gasteiger partial charge is 0.145 e. The number of aromatic nitrogens is 3. The number of hydrogen-bond acceptors (Lipinski definition) is 5. The van der Waals surface area contributed by atoms with Crippen LogP contribution in [0.3, 0.4) is 0 Å². The van der Waals surface area contributed by atoms with Gasteiger partial charge in [0.15, 0.2) is 0 Å². The van der Waals surface area contributed by atoms with Gasteiger partial charge in [0.1, 0.15) is 12.2 Å². The van der Waals surface area contributed by atoms with Gasteiger partial charge < -0.3 is 0 Å². The van der Waals surface area contributed by atoms with Crippen molar-refractivity contribution in [2.75, 3.05) is 0 Å². The highest BCUT2D eigenvalue weighted by Crippen LogP contribution is 2.41. The van der Waals surface area contributed by atoms with Gasteiger partial charge in [-0.2, -0.15) is 5.10 Å². The van der Waals surface area contributed by atoms with Crippen molar-refractivity contribution in [2.24, 2.45) is 5.84 Å². The predicted molar refractivity (Wildman–Crippen MR) is 75.8 cm³/mol. The minimum atomic E-state index is 0.0381. The van der Waals surface area contributed by atoms with E-state index in [0.29, 0.717) is 5.92 Å². The Morgan fingerprint density at radius 2 is 2.53 bits per heavy atom. The molecule has 2 unspecified atom stereocenters. The van der Waals surface area contributed by atoms with Crippen LogP contribution in [0.15, 0.2) is 17.8 Å². The maximum Gasteiger partial charge on any atom is 0.145 e. The molecule has 2 atom stereocenters. The van der Waals surface area contributed by atoms with Crippen molar-refractivity contribution in [2.45, 2.75) is 44.7 Å². The summed E-state index contributed by atoms with van der Waals surface area (Å²) < 4.78 is 1.92. The first-order valence-corrected chi connectivity index (χ1v) is 7.63. The molecule has 0 amide bonds. The molecule has 5 nitrogen and oxygen atoms in total. The lowest BCUT2D eigenvalue weighted by Crippen LogP contribution is -2.35. The maximum absolute atomic E-state index is 5.82. The summed E-state index contributed by atoms with van der Waals surface area (Å²) in [5.74, 6) is 7.15. The molecule has 0 fully saturated rings. The molecule has 0 aromatic carbocycles. The van der Waals surface area contributed by atoms with Crippen LogP contribution >= 0.6 is 11.3 Å². The average molecular weight is 277 g/mol. The molecule has 0 saturated heterocycles. The molecule has 3 N–H and O–H groups in total. The zero-order valence-corrected chi connectivity index (χ0v) is 11.9. The standard InChI is InChI=1S/C13H19N5S/c1-2-18-13(15-8-16-18)12(17-14)10-4-3-5-11-9(10)6-7-19-11/h6-8,10,12,17H,2-5,14H2,1H3. The Hall–Kier alpha value is -1.24. The molecule has 0 spiro atoms. The van der Waals surface area contributed by atoms with Crippen LogP contribution in [0.4, 0.5) is 0 Å². The number of aryl methyl sites for hydroxylation is 2. The Morgan fingerprint density at radius 1 is 1.63 bits per heavy atom. The molecule has 6 heteroatoms. The van der Waals surface area contributed by atoms with Gasteiger partial charge in [-0.15, -0.1) is 11.3 Å². The summed E-state index contributed by atoms with van der Waals surface area (Å²) in [6.07, 6.45) is 5.17. The van der Waals surface area contributed by atoms with E-state index in [2.05, 4.69) is 33.9 Å². The van der Waals surface area contributed by atoms with Gasteiger partial charge in [0.05, 0.1) is 6.04 Å². The van der Waals surface area contributed by atoms with Gasteiger partial charge in [0, 0.05) is 17.3 Å². The van der Waals surface area contributed by atoms with Crippen LogP contribution in [0.2, 0.25) is 0 Å². The maximum atomic E-state index is 5.82. The fourth-order valence-corrected chi connectivity index (χ4v) is 3.99. The lowest BCUT2D eigenvalue weighted by Gasteiger charge is -2.29. The van der Waals surface area contributed by atoms with Gasteiger partial charge in [-0.3, -0.25) is 5.84 Å². The highest BCUT2D eigenvalue weighted by molar-refractivity contribution is 7.10. The SMILES string of the molecule is CCn1ncnc1C(NN)C1CCCc2sccc21. The topological polar surface area (TPSA) is 68.8 Å². The summed E-state index contributed by atoms with van der Waals surface area (Å²) in [5.41, 5.74) is 4.40. The number of nitrogens with zero attached hydrogens (tertiary/aromatic N) is 3. The molecular formula is C13H19N5S. The van der Waals surface area contributed by atoms with Crippen LogP contribution in [-0.2, 0) is 13.0 Å². The van der Waals surface area contributed by atoms with E-state index in [-0.39, 0.29) is 6.04 Å². The summed E-state index contributed by atoms with van der Waals surface area (Å²) in [5, 5.41) is 6.44. The van der Waals surface area contributed by atoms with E-state index < -0.39 is 0 Å². The van der Waals surface area contributed by atoms with Gasteiger partial charge in [0.2, 0.25) is 0 Å². The normalized spacial score (nSPS) is 20.2. The van der Waals surface area contributed by atoms with Crippen LogP contribution in [0.1, 0.15) is 48.0 Å². The van der Waals surface area contributed by atoms with E-state index in [0.717, 1.165) is 18.8 Å². The van der Waals surface area contributed by atoms with Crippen molar-refractivity contribution in [3.05, 3.63) is 34.0 Å². The summed E-state index contributed by atoms with van der Waals surface area (Å²) in [6.45, 7) is 2.89. The molecule has 1 aliphatic carbocycles. The Labute approximate surface area is 116 Å². The fourth-order valence-electron chi connectivity index (χ4n) is 3.00. The first kappa shape index (κ1) is 12.8. The largest absolute Gasteiger partial charge is 0.271 e. The first-order valence-electron chi connectivity index (χ1n) is 6.75. The minimum Gasteiger partial charge on any atom is -0.271 e. The van der Waals surface area contributed by atoms with E-state index in [4.69, 9.17) is 5.84 Å². The third-order valence-corrected chi connectivity index (χ3v) is 4.90. The second-order valence-electron chi connectivity index (χ2n) is 4.88. The molecule has 2 aromatic heterocycles. The van der Waals surface area contributed by atoms with Gasteiger partial charge in [-0.25, -0.2) is 15.1 Å². The minimum absolute atomic E-state index is 0.0381. The number of thiophene rings is 1. The Balaban J connectivity index is 1.96. The summed E-state index contributed by atoms with van der Waals surface area (Å²) >= 11 is 1.85. The molecule has 0 saturated carbocycles. The monoisotopic (exact) mass is 277 g/mol. The third kappa shape index (κ3) is 2.20. The van der Waals surface area contributed by atoms with Crippen molar-refractivity contribution in [1.82, 2.24) is 20.2 Å². The molecule has 0 aliphatic heterocycles. The van der Waals surface area contributed by atoms with Crippen LogP contribution in [0.5, 0.6) is 0 Å². The van der Waals surface area contributed by atoms with E-state index in [1.807, 2.05) is 16.0 Å². The molecule has 1 aliphatic rings. The Morgan fingerprint density at radius 3 is 3.32 bits per heavy atom. The Kier molecular flexibility index (Phi) is 3.63. The first-order chi connectivity index (χ1) is 9.35. The van der Waals surface area contributed by atoms with E-state index in [1.54, 1.807) is 6.33 Å². The number of nitrogens with one attached hydrogen (secondary N) is 1. The molecule has 2 aromatic rings. The molecular weight excluding hydrogens is 258 g/mol. The number of nitrogens with two attached hydrogens (primary N) is 1. The number of rotatable bonds is 4. The zero-order valence-electron chi connectivity index (χ0n) is 11.0. The lowest BCUT2D eigenvalue weighted by atomic mass is 9.82. The van der Waals surface area contributed by atoms with Crippen molar-refractivity contribution >= 4 is 11.3 Å². The van der Waals surface area contributed by atoms with E-state index in [1.165, 1.54) is 23.3 Å². The number of hydrazine groups is 1. The van der Waals surface area contributed by atoms with Gasteiger partial charge >= 0.3 is 0 Å². The van der Waals surface area contributed by atoms with Crippen molar-refractivity contribution < 1.29 is 0 Å². The molecule has 102 valence electrons. The second kappa shape index (κ2) is 5.40. The summed E-state index contributed by atoms with van der Waals surface area (Å²) in [4.78, 5) is 5.90. The number of fused-ring (bicyclic) bond motifs is 1. The summed E-state index contributed by atoms with van der Waals surface area (Å²) in [7, 11) is 0. The van der Waals surface area contributed by atoms with Crippen molar-refractivity contribution in [3.63, 3.8) is 0 Å². The van der Waals surface area contributed by atoms with Crippen LogP contribution in [0.25, 0.3) is 0 Å². The quantitative estimate of drug-likeness (QED) is 0.662. The van der Waals surface area contributed by atoms with Crippen molar-refractivity contribution in [1.29, 1.82) is 0 Å². The van der Waals surface area contributed by atoms with Gasteiger partial charge in [0.25, 0.3) is 0 Å². The Bertz CT molecular complexity index is 547. The highest BCUT2D eigenvalue weighted by atomic mass is 32.1. The third-order valence-electron chi connectivity index (χ3n) is 3.90. The van der Waals surface area contributed by atoms with Gasteiger partial charge in [-0.1, -0.05) is 0 Å². The summed E-state index contributed by atoms with van der Waals surface area (Å²) in [6, 6.07) is 2.27. The fraction of sp³-hybridized carbons (Fsp3) is 0.538. The molecule has 0 bridgehead atoms. The predicted octanol–water partition coefficient (Wildman–Crippen LogP) is 1.98. The van der Waals surface area contributed by atoms with Crippen LogP contribution in [-0.4, -0.2) is 14.8 Å². The van der Waals surface area contributed by atoms with Gasteiger partial charge in [-0.05, 0) is 43.2 Å². The van der Waals surface area contributed by atoms with Crippen LogP contribution in [0, 0.1) is 0 Å². The van der Waals surface area contributed by atoms with E-state index >= 15 is 0 Å². The molecule has 2 heterocycles. The highest BCUT2D eigenvalue weighted by Gasteiger charge is 2.31. The van der Waals surface area contributed by atoms with E-state index in [9.17, 15) is 0 Å². The molecule has 3 rings (SSSR count). The molecule has 19 heavy (non-hydrogen) atoms. The molecule has 0 radical (unpaired) electrons. The number of hydrogen-bond donors (Lipinski definition) is 2. The van der Waals surface area contributed by atoms with Crippen molar-refractivity contribution in [3.8, 4) is 0 Å². The zero-order chi connectivity index (χ0) is 13.2. The average Bonchev–Trinajstić information content (AvgIpc) is 3.08. The second-order valence-corrected chi connectivity index (χ2v) is 5.88. The van der Waals surface area contributed by atoms with Crippen LogP contribution < -0.4 is 11.3 Å². The lowest BCUT2D eigenvalue weighted by molar-refractivity contribution is 0.378.